The SMILES string of the molecule is CCCCCCCCCCCCCCCCCC[N+](C)(O)C(C)C. The van der Waals surface area contributed by atoms with Gasteiger partial charge in [-0.1, -0.05) is 96.8 Å². The van der Waals surface area contributed by atoms with E-state index in [1.54, 1.807) is 0 Å². The van der Waals surface area contributed by atoms with E-state index in [1.165, 1.54) is 96.3 Å². The normalized spacial score (nSPS) is 14.2. The van der Waals surface area contributed by atoms with Crippen molar-refractivity contribution < 1.29 is 9.85 Å². The molecule has 1 atom stereocenters. The van der Waals surface area contributed by atoms with Crippen molar-refractivity contribution in [2.75, 3.05) is 13.6 Å². The van der Waals surface area contributed by atoms with Crippen LogP contribution in [-0.2, 0) is 0 Å². The Labute approximate surface area is 153 Å². The second-order valence-electron chi connectivity index (χ2n) is 8.33. The molecular formula is C22H48NO+. The first kappa shape index (κ1) is 23.9. The molecule has 0 saturated carbocycles. The molecule has 0 bridgehead atoms. The smallest absolute Gasteiger partial charge is 0.113 e. The van der Waals surface area contributed by atoms with Gasteiger partial charge in [-0.25, -0.2) is 5.21 Å². The largest absolute Gasteiger partial charge is 0.217 e. The van der Waals surface area contributed by atoms with Crippen LogP contribution >= 0.6 is 0 Å². The maximum Gasteiger partial charge on any atom is 0.113 e. The number of quaternary nitrogens is 1. The van der Waals surface area contributed by atoms with Crippen LogP contribution in [0.25, 0.3) is 0 Å². The van der Waals surface area contributed by atoms with Crippen LogP contribution in [0, 0.1) is 0 Å². The summed E-state index contributed by atoms with van der Waals surface area (Å²) in [5.41, 5.74) is 0. The highest BCUT2D eigenvalue weighted by Gasteiger charge is 2.22. The average Bonchev–Trinajstić information content (AvgIpc) is 2.54. The van der Waals surface area contributed by atoms with Crippen LogP contribution < -0.4 is 0 Å². The highest BCUT2D eigenvalue weighted by Crippen LogP contribution is 2.14. The molecule has 0 aromatic heterocycles. The standard InChI is InChI=1S/C22H48NO/c1-5-6-7-8-9-10-11-12-13-14-15-16-17-18-19-20-21-23(4,24)22(2)3/h22,24H,5-21H2,1-4H3/q+1. The Morgan fingerprint density at radius 2 is 0.875 bits per heavy atom. The van der Waals surface area contributed by atoms with Crippen LogP contribution in [0.4, 0.5) is 0 Å². The quantitative estimate of drug-likeness (QED) is 0.155. The van der Waals surface area contributed by atoms with E-state index >= 15 is 0 Å². The summed E-state index contributed by atoms with van der Waals surface area (Å²) in [7, 11) is 1.93. The zero-order valence-corrected chi connectivity index (χ0v) is 17.5. The fraction of sp³-hybridized carbons (Fsp3) is 1.00. The van der Waals surface area contributed by atoms with Crippen LogP contribution in [-0.4, -0.2) is 29.5 Å². The molecular weight excluding hydrogens is 294 g/mol. The Morgan fingerprint density at radius 1 is 0.583 bits per heavy atom. The van der Waals surface area contributed by atoms with Gasteiger partial charge in [0.1, 0.15) is 12.6 Å². The maximum atomic E-state index is 10.1. The Balaban J connectivity index is 3.13. The molecule has 24 heavy (non-hydrogen) atoms. The molecule has 0 aromatic rings. The number of hydrogen-bond acceptors (Lipinski definition) is 1. The zero-order chi connectivity index (χ0) is 18.1. The summed E-state index contributed by atoms with van der Waals surface area (Å²) in [6.07, 6.45) is 22.4. The molecule has 0 saturated heterocycles. The minimum absolute atomic E-state index is 0.179. The Bertz CT molecular complexity index is 250. The third-order valence-electron chi connectivity index (χ3n) is 5.58. The molecule has 0 rings (SSSR count). The Hall–Kier alpha value is -0.0800. The molecule has 146 valence electrons. The van der Waals surface area contributed by atoms with Crippen molar-refractivity contribution in [3.8, 4) is 0 Å². The monoisotopic (exact) mass is 342 g/mol. The zero-order valence-electron chi connectivity index (χ0n) is 17.5. The molecule has 2 heteroatoms. The van der Waals surface area contributed by atoms with Gasteiger partial charge in [0.05, 0.1) is 7.05 Å². The summed E-state index contributed by atoms with van der Waals surface area (Å²) in [5.74, 6) is 0. The van der Waals surface area contributed by atoms with Crippen LogP contribution in [0.5, 0.6) is 0 Å². The van der Waals surface area contributed by atoms with Crippen molar-refractivity contribution in [3.63, 3.8) is 0 Å². The second-order valence-corrected chi connectivity index (χ2v) is 8.33. The highest BCUT2D eigenvalue weighted by molar-refractivity contribution is 4.50. The van der Waals surface area contributed by atoms with Gasteiger partial charge in [-0.2, -0.15) is 4.65 Å². The van der Waals surface area contributed by atoms with E-state index in [0.29, 0.717) is 6.04 Å². The van der Waals surface area contributed by atoms with Crippen molar-refractivity contribution >= 4 is 0 Å². The first-order valence-electron chi connectivity index (χ1n) is 11.1. The van der Waals surface area contributed by atoms with Crippen molar-refractivity contribution in [2.45, 2.75) is 130 Å². The summed E-state index contributed by atoms with van der Waals surface area (Å²) in [6.45, 7) is 7.37. The van der Waals surface area contributed by atoms with Gasteiger partial charge in [-0.05, 0) is 26.7 Å². The third-order valence-corrected chi connectivity index (χ3v) is 5.58. The van der Waals surface area contributed by atoms with Gasteiger partial charge in [-0.15, -0.1) is 0 Å². The second kappa shape index (κ2) is 16.4. The predicted molar refractivity (Wildman–Crippen MR) is 108 cm³/mol. The molecule has 0 aliphatic rings. The first-order chi connectivity index (χ1) is 11.5. The van der Waals surface area contributed by atoms with Crippen LogP contribution in [0.3, 0.4) is 0 Å². The number of rotatable bonds is 18. The molecule has 0 aromatic carbocycles. The van der Waals surface area contributed by atoms with E-state index < -0.39 is 0 Å². The lowest BCUT2D eigenvalue weighted by Gasteiger charge is -2.29. The van der Waals surface area contributed by atoms with E-state index in [-0.39, 0.29) is 4.65 Å². The maximum absolute atomic E-state index is 10.1. The van der Waals surface area contributed by atoms with Gasteiger partial charge in [0.25, 0.3) is 0 Å². The molecule has 0 radical (unpaired) electrons. The molecule has 0 amide bonds. The van der Waals surface area contributed by atoms with Gasteiger partial charge in [0.2, 0.25) is 0 Å². The van der Waals surface area contributed by atoms with E-state index in [4.69, 9.17) is 0 Å². The Kier molecular flexibility index (Phi) is 16.3. The van der Waals surface area contributed by atoms with Crippen LogP contribution in [0.15, 0.2) is 0 Å². The van der Waals surface area contributed by atoms with Gasteiger partial charge < -0.3 is 0 Å². The lowest BCUT2D eigenvalue weighted by atomic mass is 10.0. The number of hydroxylamine groups is 3. The van der Waals surface area contributed by atoms with E-state index in [0.717, 1.165) is 13.0 Å². The van der Waals surface area contributed by atoms with E-state index in [9.17, 15) is 5.21 Å². The molecule has 0 spiro atoms. The number of nitrogens with zero attached hydrogens (tertiary/aromatic N) is 1. The minimum Gasteiger partial charge on any atom is -0.217 e. The average molecular weight is 343 g/mol. The molecule has 2 nitrogen and oxygen atoms in total. The van der Waals surface area contributed by atoms with E-state index in [1.807, 2.05) is 7.05 Å². The highest BCUT2D eigenvalue weighted by atomic mass is 16.5. The lowest BCUT2D eigenvalue weighted by molar-refractivity contribution is -1.10. The fourth-order valence-electron chi connectivity index (χ4n) is 3.24. The molecule has 0 aliphatic carbocycles. The topological polar surface area (TPSA) is 20.2 Å². The lowest BCUT2D eigenvalue weighted by Crippen LogP contribution is -2.47. The van der Waals surface area contributed by atoms with Crippen LogP contribution in [0.2, 0.25) is 0 Å². The number of hydrogen-bond donors (Lipinski definition) is 1. The van der Waals surface area contributed by atoms with Gasteiger partial charge in [-0.3, -0.25) is 0 Å². The van der Waals surface area contributed by atoms with Gasteiger partial charge in [0.15, 0.2) is 0 Å². The molecule has 1 N–H and O–H groups in total. The fourth-order valence-corrected chi connectivity index (χ4v) is 3.24. The predicted octanol–water partition coefficient (Wildman–Crippen LogP) is 7.49. The minimum atomic E-state index is 0.179. The van der Waals surface area contributed by atoms with Gasteiger partial charge in [0, 0.05) is 0 Å². The molecule has 0 heterocycles. The Morgan fingerprint density at radius 3 is 1.17 bits per heavy atom. The molecule has 0 fully saturated rings. The first-order valence-corrected chi connectivity index (χ1v) is 11.1. The summed E-state index contributed by atoms with van der Waals surface area (Å²) in [5, 5.41) is 10.1. The molecule has 1 unspecified atom stereocenters. The summed E-state index contributed by atoms with van der Waals surface area (Å²) < 4.78 is 0.179. The number of unbranched alkanes of at least 4 members (excludes halogenated alkanes) is 15. The van der Waals surface area contributed by atoms with Crippen molar-refractivity contribution in [2.24, 2.45) is 0 Å². The summed E-state index contributed by atoms with van der Waals surface area (Å²) >= 11 is 0. The van der Waals surface area contributed by atoms with Crippen molar-refractivity contribution in [1.29, 1.82) is 0 Å². The molecule has 0 aliphatic heterocycles. The summed E-state index contributed by atoms with van der Waals surface area (Å²) in [4.78, 5) is 0. The van der Waals surface area contributed by atoms with Crippen molar-refractivity contribution in [3.05, 3.63) is 0 Å². The third kappa shape index (κ3) is 15.4. The van der Waals surface area contributed by atoms with Crippen molar-refractivity contribution in [1.82, 2.24) is 0 Å². The van der Waals surface area contributed by atoms with Crippen LogP contribution in [0.1, 0.15) is 124 Å². The van der Waals surface area contributed by atoms with E-state index in [2.05, 4.69) is 20.8 Å². The summed E-state index contributed by atoms with van der Waals surface area (Å²) in [6, 6.07) is 0.307. The van der Waals surface area contributed by atoms with Gasteiger partial charge >= 0.3 is 0 Å².